The first-order chi connectivity index (χ1) is 12.0. The highest BCUT2D eigenvalue weighted by Crippen LogP contribution is 2.26. The summed E-state index contributed by atoms with van der Waals surface area (Å²) in [5.74, 6) is -0.982. The number of nitrogens with zero attached hydrogens (tertiary/aromatic N) is 1. The van der Waals surface area contributed by atoms with Crippen molar-refractivity contribution in [1.82, 2.24) is 0 Å². The molecular formula is C17H14ClNO6. The van der Waals surface area contributed by atoms with Crippen LogP contribution in [0.15, 0.2) is 48.5 Å². The number of rotatable bonds is 7. The Hall–Kier alpha value is -2.93. The van der Waals surface area contributed by atoms with Crippen LogP contribution >= 0.6 is 11.6 Å². The maximum absolute atomic E-state index is 11.8. The minimum Gasteiger partial charge on any atom is -0.426 e. The van der Waals surface area contributed by atoms with E-state index in [1.165, 1.54) is 30.3 Å². The summed E-state index contributed by atoms with van der Waals surface area (Å²) in [5, 5.41) is 11.3. The van der Waals surface area contributed by atoms with Gasteiger partial charge in [-0.3, -0.25) is 19.7 Å². The highest BCUT2D eigenvalue weighted by molar-refractivity contribution is 6.30. The van der Waals surface area contributed by atoms with Crippen LogP contribution in [0.5, 0.6) is 11.5 Å². The topological polar surface area (TPSA) is 95.7 Å². The van der Waals surface area contributed by atoms with Crippen LogP contribution in [0.25, 0.3) is 0 Å². The quantitative estimate of drug-likeness (QED) is 0.320. The third-order valence-electron chi connectivity index (χ3n) is 3.08. The molecule has 0 aromatic heterocycles. The van der Waals surface area contributed by atoms with E-state index in [1.54, 1.807) is 18.2 Å². The van der Waals surface area contributed by atoms with Crippen molar-refractivity contribution >= 4 is 29.2 Å². The van der Waals surface area contributed by atoms with E-state index in [0.29, 0.717) is 10.8 Å². The van der Waals surface area contributed by atoms with Crippen LogP contribution in [0, 0.1) is 10.1 Å². The fourth-order valence-electron chi connectivity index (χ4n) is 1.96. The summed E-state index contributed by atoms with van der Waals surface area (Å²) >= 11 is 5.79. The van der Waals surface area contributed by atoms with Crippen LogP contribution < -0.4 is 9.47 Å². The van der Waals surface area contributed by atoms with Crippen LogP contribution in [0.1, 0.15) is 19.3 Å². The van der Waals surface area contributed by atoms with Crippen molar-refractivity contribution in [2.24, 2.45) is 0 Å². The summed E-state index contributed by atoms with van der Waals surface area (Å²) < 4.78 is 10.1. The molecule has 0 saturated heterocycles. The van der Waals surface area contributed by atoms with Gasteiger partial charge in [-0.1, -0.05) is 29.8 Å². The van der Waals surface area contributed by atoms with E-state index >= 15 is 0 Å². The van der Waals surface area contributed by atoms with Crippen molar-refractivity contribution in [3.05, 3.63) is 63.7 Å². The Labute approximate surface area is 148 Å². The van der Waals surface area contributed by atoms with Crippen LogP contribution in [0.4, 0.5) is 5.69 Å². The van der Waals surface area contributed by atoms with Crippen molar-refractivity contribution in [2.45, 2.75) is 19.3 Å². The number of carbonyl (C=O) groups excluding carboxylic acids is 2. The van der Waals surface area contributed by atoms with Crippen LogP contribution in [-0.4, -0.2) is 16.9 Å². The number of benzene rings is 2. The molecule has 0 unspecified atom stereocenters. The number of nitro groups is 1. The first-order valence-corrected chi connectivity index (χ1v) is 7.74. The molecule has 0 aliphatic heterocycles. The largest absolute Gasteiger partial charge is 0.426 e. The lowest BCUT2D eigenvalue weighted by molar-refractivity contribution is -0.385. The summed E-state index contributed by atoms with van der Waals surface area (Å²) in [6.45, 7) is 0. The van der Waals surface area contributed by atoms with E-state index in [0.717, 1.165) is 0 Å². The lowest BCUT2D eigenvalue weighted by atomic mass is 10.2. The standard InChI is InChI=1S/C17H14ClNO6/c18-12-5-3-6-13(11-12)24-16(20)9-4-10-17(21)25-15-8-2-1-7-14(15)19(22)23/h1-3,5-8,11H,4,9-10H2. The SMILES string of the molecule is O=C(CCCC(=O)Oc1ccccc1[N+](=O)[O-])Oc1cccc(Cl)c1. The van der Waals surface area contributed by atoms with Gasteiger partial charge < -0.3 is 9.47 Å². The van der Waals surface area contributed by atoms with Gasteiger partial charge in [-0.15, -0.1) is 0 Å². The molecule has 0 bridgehead atoms. The van der Waals surface area contributed by atoms with Gasteiger partial charge in [0.1, 0.15) is 5.75 Å². The van der Waals surface area contributed by atoms with Crippen molar-refractivity contribution in [3.8, 4) is 11.5 Å². The Balaban J connectivity index is 1.79. The number of halogens is 1. The lowest BCUT2D eigenvalue weighted by Crippen LogP contribution is -2.12. The molecule has 8 heteroatoms. The number of hydrogen-bond acceptors (Lipinski definition) is 6. The van der Waals surface area contributed by atoms with Crippen LogP contribution in [-0.2, 0) is 9.59 Å². The highest BCUT2D eigenvalue weighted by atomic mass is 35.5. The van der Waals surface area contributed by atoms with Gasteiger partial charge in [0.05, 0.1) is 4.92 Å². The predicted molar refractivity (Wildman–Crippen MR) is 89.7 cm³/mol. The average Bonchev–Trinajstić information content (AvgIpc) is 2.55. The number of para-hydroxylation sites is 2. The minimum atomic E-state index is -0.662. The molecule has 0 fully saturated rings. The number of esters is 2. The number of hydrogen-bond donors (Lipinski definition) is 0. The lowest BCUT2D eigenvalue weighted by Gasteiger charge is -2.06. The fraction of sp³-hybridized carbons (Fsp3) is 0.176. The second kappa shape index (κ2) is 8.79. The first kappa shape index (κ1) is 18.4. The van der Waals surface area contributed by atoms with Crippen molar-refractivity contribution in [3.63, 3.8) is 0 Å². The maximum atomic E-state index is 11.8. The van der Waals surface area contributed by atoms with Gasteiger partial charge in [-0.25, -0.2) is 0 Å². The molecular weight excluding hydrogens is 350 g/mol. The Morgan fingerprint density at radius 3 is 2.36 bits per heavy atom. The first-order valence-electron chi connectivity index (χ1n) is 7.36. The smallest absolute Gasteiger partial charge is 0.311 e. The van der Waals surface area contributed by atoms with Crippen molar-refractivity contribution < 1.29 is 24.0 Å². The van der Waals surface area contributed by atoms with E-state index in [4.69, 9.17) is 21.1 Å². The zero-order valence-electron chi connectivity index (χ0n) is 13.0. The number of nitro benzene ring substituents is 1. The molecule has 0 heterocycles. The van der Waals surface area contributed by atoms with Crippen molar-refractivity contribution in [1.29, 1.82) is 0 Å². The maximum Gasteiger partial charge on any atom is 0.311 e. The number of carbonyl (C=O) groups is 2. The molecule has 0 N–H and O–H groups in total. The second-order valence-corrected chi connectivity index (χ2v) is 5.42. The molecule has 2 aromatic rings. The average molecular weight is 364 g/mol. The molecule has 7 nitrogen and oxygen atoms in total. The van der Waals surface area contributed by atoms with Gasteiger partial charge in [0.25, 0.3) is 0 Å². The summed E-state index contributed by atoms with van der Waals surface area (Å²) in [5.41, 5.74) is -0.295. The van der Waals surface area contributed by atoms with E-state index < -0.39 is 16.9 Å². The summed E-state index contributed by atoms with van der Waals surface area (Å²) in [6, 6.07) is 12.0. The molecule has 130 valence electrons. The summed E-state index contributed by atoms with van der Waals surface area (Å²) in [4.78, 5) is 33.7. The zero-order chi connectivity index (χ0) is 18.2. The fourth-order valence-corrected chi connectivity index (χ4v) is 2.14. The van der Waals surface area contributed by atoms with Crippen LogP contribution in [0.3, 0.4) is 0 Å². The molecule has 0 atom stereocenters. The Kier molecular flexibility index (Phi) is 6.47. The van der Waals surface area contributed by atoms with Gasteiger partial charge in [-0.05, 0) is 30.7 Å². The van der Waals surface area contributed by atoms with Gasteiger partial charge in [0.2, 0.25) is 5.75 Å². The molecule has 0 aliphatic rings. The van der Waals surface area contributed by atoms with Crippen molar-refractivity contribution in [2.75, 3.05) is 0 Å². The molecule has 0 aliphatic carbocycles. The Bertz CT molecular complexity index is 792. The van der Waals surface area contributed by atoms with Crippen LogP contribution in [0.2, 0.25) is 5.02 Å². The van der Waals surface area contributed by atoms with Gasteiger partial charge in [-0.2, -0.15) is 0 Å². The normalized spacial score (nSPS) is 10.1. The molecule has 2 rings (SSSR count). The van der Waals surface area contributed by atoms with Gasteiger partial charge in [0.15, 0.2) is 0 Å². The predicted octanol–water partition coefficient (Wildman–Crippen LogP) is 3.93. The molecule has 0 amide bonds. The second-order valence-electron chi connectivity index (χ2n) is 4.98. The summed E-state index contributed by atoms with van der Waals surface area (Å²) in [6.07, 6.45) is 0.119. The molecule has 0 radical (unpaired) electrons. The van der Waals surface area contributed by atoms with E-state index in [-0.39, 0.29) is 30.7 Å². The zero-order valence-corrected chi connectivity index (χ0v) is 13.8. The molecule has 0 spiro atoms. The van der Waals surface area contributed by atoms with E-state index in [1.807, 2.05) is 0 Å². The minimum absolute atomic E-state index is 0.00149. The van der Waals surface area contributed by atoms with E-state index in [9.17, 15) is 19.7 Å². The number of ether oxygens (including phenoxy) is 2. The third-order valence-corrected chi connectivity index (χ3v) is 3.31. The van der Waals surface area contributed by atoms with Gasteiger partial charge >= 0.3 is 17.6 Å². The Morgan fingerprint density at radius 2 is 1.68 bits per heavy atom. The molecule has 0 saturated carbocycles. The third kappa shape index (κ3) is 5.89. The monoisotopic (exact) mass is 363 g/mol. The highest BCUT2D eigenvalue weighted by Gasteiger charge is 2.17. The molecule has 2 aromatic carbocycles. The summed E-state index contributed by atoms with van der Waals surface area (Å²) in [7, 11) is 0. The molecule has 25 heavy (non-hydrogen) atoms. The van der Waals surface area contributed by atoms with Gasteiger partial charge in [0, 0.05) is 23.9 Å². The van der Waals surface area contributed by atoms with E-state index in [2.05, 4.69) is 0 Å². The Morgan fingerprint density at radius 1 is 1.00 bits per heavy atom.